The smallest absolute Gasteiger partial charge is 0.244 e. The Morgan fingerprint density at radius 3 is 2.53 bits per heavy atom. The minimum atomic E-state index is -3.46. The molecule has 0 fully saturated rings. The summed E-state index contributed by atoms with van der Waals surface area (Å²) in [6.07, 6.45) is 0. The van der Waals surface area contributed by atoms with E-state index in [-0.39, 0.29) is 11.9 Å². The molecule has 7 heteroatoms. The quantitative estimate of drug-likeness (QED) is 0.723. The Kier molecular flexibility index (Phi) is 6.26. The monoisotopic (exact) mass is 324 g/mol. The number of nitrogens with zero attached hydrogens (tertiary/aromatic N) is 2. The van der Waals surface area contributed by atoms with Gasteiger partial charge in [-0.2, -0.15) is 4.31 Å². The lowest BCUT2D eigenvalue weighted by molar-refractivity contribution is 0.271. The average molecular weight is 325 g/mol. The summed E-state index contributed by atoms with van der Waals surface area (Å²) in [5, 5.41) is 1.77. The molecule has 1 unspecified atom stereocenters. The van der Waals surface area contributed by atoms with Gasteiger partial charge in [0, 0.05) is 24.0 Å². The maximum atomic E-state index is 12.7. The maximum Gasteiger partial charge on any atom is 0.244 e. The molecule has 1 heterocycles. The molecule has 1 aromatic heterocycles. The third-order valence-corrected chi connectivity index (χ3v) is 6.49. The van der Waals surface area contributed by atoms with E-state index in [9.17, 15) is 8.42 Å². The van der Waals surface area contributed by atoms with Crippen LogP contribution in [0.25, 0.3) is 0 Å². The minimum absolute atomic E-state index is 0.0759. The molecule has 1 rings (SSSR count). The van der Waals surface area contributed by atoms with Gasteiger partial charge in [-0.15, -0.1) is 22.9 Å². The molecule has 0 N–H and O–H groups in total. The summed E-state index contributed by atoms with van der Waals surface area (Å²) in [7, 11) is 0.410. The van der Waals surface area contributed by atoms with Gasteiger partial charge in [-0.05, 0) is 32.5 Å². The highest BCUT2D eigenvalue weighted by molar-refractivity contribution is 7.89. The maximum absolute atomic E-state index is 12.7. The largest absolute Gasteiger partial charge is 0.308 e. The van der Waals surface area contributed by atoms with Crippen LogP contribution >= 0.6 is 22.9 Å². The Morgan fingerprint density at radius 2 is 2.05 bits per heavy atom. The van der Waals surface area contributed by atoms with Gasteiger partial charge in [-0.3, -0.25) is 0 Å². The predicted octanol–water partition coefficient (Wildman–Crippen LogP) is 2.45. The van der Waals surface area contributed by atoms with E-state index in [1.54, 1.807) is 11.4 Å². The zero-order valence-electron chi connectivity index (χ0n) is 11.8. The van der Waals surface area contributed by atoms with Crippen molar-refractivity contribution in [3.05, 3.63) is 16.3 Å². The topological polar surface area (TPSA) is 40.6 Å². The normalized spacial score (nSPS) is 14.3. The zero-order chi connectivity index (χ0) is 14.6. The molecule has 0 bridgehead atoms. The first-order valence-electron chi connectivity index (χ1n) is 6.13. The number of hydrogen-bond acceptors (Lipinski definition) is 4. The van der Waals surface area contributed by atoms with Crippen LogP contribution in [0.4, 0.5) is 0 Å². The lowest BCUT2D eigenvalue weighted by Crippen LogP contribution is -2.43. The molecule has 110 valence electrons. The van der Waals surface area contributed by atoms with E-state index < -0.39 is 10.0 Å². The van der Waals surface area contributed by atoms with Crippen molar-refractivity contribution in [1.82, 2.24) is 9.21 Å². The molecule has 0 spiro atoms. The second-order valence-corrected chi connectivity index (χ2v) is 7.79. The standard InChI is InChI=1S/C12H21ClN2O2S2/c1-5-15(10(2)9-14(3)4)19(16,17)12-6-7-18-11(12)8-13/h6-7,10H,5,8-9H2,1-4H3. The summed E-state index contributed by atoms with van der Waals surface area (Å²) in [5.74, 6) is 0.228. The molecule has 0 aliphatic heterocycles. The highest BCUT2D eigenvalue weighted by Gasteiger charge is 2.30. The first kappa shape index (κ1) is 16.9. The lowest BCUT2D eigenvalue weighted by atomic mass is 10.3. The van der Waals surface area contributed by atoms with Crippen LogP contribution in [0.5, 0.6) is 0 Å². The molecule has 0 amide bonds. The second-order valence-electron chi connectivity index (χ2n) is 4.66. The molecule has 0 aliphatic carbocycles. The fourth-order valence-electron chi connectivity index (χ4n) is 2.12. The Morgan fingerprint density at radius 1 is 1.42 bits per heavy atom. The van der Waals surface area contributed by atoms with Crippen LogP contribution in [-0.2, 0) is 15.9 Å². The van der Waals surface area contributed by atoms with Crippen molar-refractivity contribution in [2.45, 2.75) is 30.7 Å². The summed E-state index contributed by atoms with van der Waals surface area (Å²) < 4.78 is 26.9. The summed E-state index contributed by atoms with van der Waals surface area (Å²) in [6.45, 7) is 4.92. The van der Waals surface area contributed by atoms with Crippen molar-refractivity contribution < 1.29 is 8.42 Å². The summed E-state index contributed by atoms with van der Waals surface area (Å²) >= 11 is 7.19. The van der Waals surface area contributed by atoms with Crippen LogP contribution in [0.15, 0.2) is 16.3 Å². The van der Waals surface area contributed by atoms with Gasteiger partial charge in [0.25, 0.3) is 0 Å². The molecule has 0 radical (unpaired) electrons. The van der Waals surface area contributed by atoms with Gasteiger partial charge >= 0.3 is 0 Å². The van der Waals surface area contributed by atoms with Crippen LogP contribution in [0.3, 0.4) is 0 Å². The van der Waals surface area contributed by atoms with Crippen molar-refractivity contribution in [3.63, 3.8) is 0 Å². The number of thiophene rings is 1. The van der Waals surface area contributed by atoms with Crippen LogP contribution < -0.4 is 0 Å². The zero-order valence-corrected chi connectivity index (χ0v) is 14.1. The molecule has 0 aromatic carbocycles. The van der Waals surface area contributed by atoms with E-state index in [2.05, 4.69) is 0 Å². The van der Waals surface area contributed by atoms with Crippen molar-refractivity contribution in [2.24, 2.45) is 0 Å². The fourth-order valence-corrected chi connectivity index (χ4v) is 5.43. The third-order valence-electron chi connectivity index (χ3n) is 2.85. The fraction of sp³-hybridized carbons (Fsp3) is 0.667. The molecular weight excluding hydrogens is 304 g/mol. The van der Waals surface area contributed by atoms with E-state index in [4.69, 9.17) is 11.6 Å². The van der Waals surface area contributed by atoms with Crippen LogP contribution in [0.2, 0.25) is 0 Å². The van der Waals surface area contributed by atoms with E-state index in [0.717, 1.165) is 0 Å². The number of rotatable bonds is 7. The van der Waals surface area contributed by atoms with Gasteiger partial charge in [0.15, 0.2) is 0 Å². The van der Waals surface area contributed by atoms with Gasteiger partial charge < -0.3 is 4.90 Å². The van der Waals surface area contributed by atoms with E-state index in [1.807, 2.05) is 32.8 Å². The van der Waals surface area contributed by atoms with E-state index in [1.165, 1.54) is 15.6 Å². The molecule has 1 aromatic rings. The Labute approximate surface area is 125 Å². The van der Waals surface area contributed by atoms with Gasteiger partial charge in [0.2, 0.25) is 10.0 Å². The van der Waals surface area contributed by atoms with Crippen molar-refractivity contribution >= 4 is 33.0 Å². The predicted molar refractivity (Wildman–Crippen MR) is 81.5 cm³/mol. The summed E-state index contributed by atoms with van der Waals surface area (Å²) in [6, 6.07) is 1.57. The lowest BCUT2D eigenvalue weighted by Gasteiger charge is -2.29. The minimum Gasteiger partial charge on any atom is -0.308 e. The molecule has 1 atom stereocenters. The van der Waals surface area contributed by atoms with Gasteiger partial charge in [0.1, 0.15) is 0 Å². The van der Waals surface area contributed by atoms with Crippen LogP contribution in [-0.4, -0.2) is 50.8 Å². The second kappa shape index (κ2) is 7.04. The third kappa shape index (κ3) is 3.92. The number of likely N-dealkylation sites (N-methyl/N-ethyl adjacent to an activating group) is 2. The Bertz CT molecular complexity index is 500. The highest BCUT2D eigenvalue weighted by atomic mass is 35.5. The van der Waals surface area contributed by atoms with Gasteiger partial charge in [-0.1, -0.05) is 6.92 Å². The first-order valence-corrected chi connectivity index (χ1v) is 8.98. The van der Waals surface area contributed by atoms with Gasteiger partial charge in [-0.25, -0.2) is 8.42 Å². The molecule has 0 saturated heterocycles. The van der Waals surface area contributed by atoms with Crippen molar-refractivity contribution in [1.29, 1.82) is 0 Å². The molecular formula is C12H21ClN2O2S2. The van der Waals surface area contributed by atoms with Crippen molar-refractivity contribution in [3.8, 4) is 0 Å². The van der Waals surface area contributed by atoms with Crippen molar-refractivity contribution in [2.75, 3.05) is 27.2 Å². The number of halogens is 1. The molecule has 19 heavy (non-hydrogen) atoms. The SMILES string of the molecule is CCN(C(C)CN(C)C)S(=O)(=O)c1ccsc1CCl. The highest BCUT2D eigenvalue weighted by Crippen LogP contribution is 2.27. The number of sulfonamides is 1. The van der Waals surface area contributed by atoms with Crippen LogP contribution in [0.1, 0.15) is 18.7 Å². The van der Waals surface area contributed by atoms with Crippen LogP contribution in [0, 0.1) is 0 Å². The molecule has 0 aliphatic rings. The van der Waals surface area contributed by atoms with E-state index >= 15 is 0 Å². The Balaban J connectivity index is 3.09. The van der Waals surface area contributed by atoms with Gasteiger partial charge in [0.05, 0.1) is 10.8 Å². The summed E-state index contributed by atoms with van der Waals surface area (Å²) in [4.78, 5) is 3.04. The first-order chi connectivity index (χ1) is 8.84. The molecule has 4 nitrogen and oxygen atoms in total. The van der Waals surface area contributed by atoms with E-state index in [0.29, 0.717) is 22.9 Å². The number of hydrogen-bond donors (Lipinski definition) is 0. The Hall–Kier alpha value is -0.140. The summed E-state index contributed by atoms with van der Waals surface area (Å²) in [5.41, 5.74) is 0. The molecule has 0 saturated carbocycles. The average Bonchev–Trinajstić information content (AvgIpc) is 2.76. The number of alkyl halides is 1.